The summed E-state index contributed by atoms with van der Waals surface area (Å²) in [6.07, 6.45) is 5.47. The number of hydrogen-bond donors (Lipinski definition) is 1. The molecule has 0 amide bonds. The van der Waals surface area contributed by atoms with E-state index in [0.29, 0.717) is 12.1 Å². The molecule has 1 saturated carbocycles. The summed E-state index contributed by atoms with van der Waals surface area (Å²) >= 11 is 0. The molecule has 2 unspecified atom stereocenters. The minimum absolute atomic E-state index is 0.580. The topological polar surface area (TPSA) is 15.3 Å². The van der Waals surface area contributed by atoms with E-state index in [2.05, 4.69) is 55.4 Å². The molecule has 0 bridgehead atoms. The van der Waals surface area contributed by atoms with Crippen LogP contribution in [0.25, 0.3) is 0 Å². The van der Waals surface area contributed by atoms with Crippen molar-refractivity contribution in [1.29, 1.82) is 0 Å². The van der Waals surface area contributed by atoms with Gasteiger partial charge in [-0.25, -0.2) is 0 Å². The summed E-state index contributed by atoms with van der Waals surface area (Å²) in [5, 5.41) is 3.67. The van der Waals surface area contributed by atoms with Gasteiger partial charge in [-0.15, -0.1) is 0 Å². The van der Waals surface area contributed by atoms with Crippen molar-refractivity contribution < 1.29 is 0 Å². The predicted octanol–water partition coefficient (Wildman–Crippen LogP) is 3.94. The Balaban J connectivity index is 1.84. The molecule has 1 saturated heterocycles. The van der Waals surface area contributed by atoms with Gasteiger partial charge in [0.1, 0.15) is 0 Å². The van der Waals surface area contributed by atoms with Crippen molar-refractivity contribution in [3.8, 4) is 0 Å². The molecule has 0 aromatic heterocycles. The van der Waals surface area contributed by atoms with Crippen LogP contribution in [0.15, 0.2) is 24.3 Å². The number of piperidine rings is 1. The molecule has 3 rings (SSSR count). The second kappa shape index (κ2) is 6.50. The molecule has 2 nitrogen and oxygen atoms in total. The Morgan fingerprint density at radius 1 is 1.14 bits per heavy atom. The lowest BCUT2D eigenvalue weighted by Gasteiger charge is -2.41. The van der Waals surface area contributed by atoms with Crippen molar-refractivity contribution >= 4 is 0 Å². The third-order valence-corrected chi connectivity index (χ3v) is 5.13. The smallest absolute Gasteiger partial charge is 0.0388 e. The monoisotopic (exact) mass is 286 g/mol. The summed E-state index contributed by atoms with van der Waals surface area (Å²) in [4.78, 5) is 2.59. The molecule has 2 aliphatic rings. The number of hydrogen-bond acceptors (Lipinski definition) is 2. The highest BCUT2D eigenvalue weighted by atomic mass is 15.1. The first kappa shape index (κ1) is 15.1. The van der Waals surface area contributed by atoms with Crippen molar-refractivity contribution in [1.82, 2.24) is 10.2 Å². The van der Waals surface area contributed by atoms with Crippen molar-refractivity contribution in [3.63, 3.8) is 0 Å². The molecule has 21 heavy (non-hydrogen) atoms. The summed E-state index contributed by atoms with van der Waals surface area (Å²) in [5.74, 6) is 1.58. The van der Waals surface area contributed by atoms with Gasteiger partial charge in [-0.1, -0.05) is 38.1 Å². The van der Waals surface area contributed by atoms with Gasteiger partial charge >= 0.3 is 0 Å². The zero-order chi connectivity index (χ0) is 14.8. The maximum absolute atomic E-state index is 3.67. The molecule has 0 radical (unpaired) electrons. The zero-order valence-electron chi connectivity index (χ0n) is 13.8. The lowest BCUT2D eigenvalue weighted by Crippen LogP contribution is -2.42. The van der Waals surface area contributed by atoms with Gasteiger partial charge in [0.05, 0.1) is 0 Å². The van der Waals surface area contributed by atoms with E-state index in [9.17, 15) is 0 Å². The van der Waals surface area contributed by atoms with Crippen LogP contribution in [0.2, 0.25) is 0 Å². The molecule has 1 heterocycles. The van der Waals surface area contributed by atoms with Crippen LogP contribution in [0.4, 0.5) is 0 Å². The minimum atomic E-state index is 0.580. The highest BCUT2D eigenvalue weighted by molar-refractivity contribution is 5.36. The van der Waals surface area contributed by atoms with E-state index in [0.717, 1.165) is 18.4 Å². The fourth-order valence-corrected chi connectivity index (χ4v) is 3.90. The average Bonchev–Trinajstić information content (AvgIpc) is 3.30. The van der Waals surface area contributed by atoms with Crippen molar-refractivity contribution in [2.45, 2.75) is 57.5 Å². The van der Waals surface area contributed by atoms with Gasteiger partial charge in [-0.2, -0.15) is 0 Å². The summed E-state index contributed by atoms with van der Waals surface area (Å²) in [7, 11) is 2.32. The van der Waals surface area contributed by atoms with Crippen LogP contribution < -0.4 is 5.32 Å². The summed E-state index contributed by atoms with van der Waals surface area (Å²) in [6.45, 7) is 6.88. The molecule has 116 valence electrons. The Hall–Kier alpha value is -0.860. The molecule has 2 fully saturated rings. The fraction of sp³-hybridized carbons (Fsp3) is 0.684. The van der Waals surface area contributed by atoms with Crippen molar-refractivity contribution in [2.24, 2.45) is 5.92 Å². The Kier molecular flexibility index (Phi) is 4.66. The summed E-state index contributed by atoms with van der Waals surface area (Å²) in [5.41, 5.74) is 3.24. The average molecular weight is 286 g/mol. The number of likely N-dealkylation sites (tertiary alicyclic amines) is 1. The Labute approximate surface area is 129 Å². The predicted molar refractivity (Wildman–Crippen MR) is 89.7 cm³/mol. The zero-order valence-corrected chi connectivity index (χ0v) is 13.8. The van der Waals surface area contributed by atoms with E-state index in [1.54, 1.807) is 11.1 Å². The van der Waals surface area contributed by atoms with E-state index in [1.165, 1.54) is 32.2 Å². The fourth-order valence-electron chi connectivity index (χ4n) is 3.90. The molecule has 1 aromatic carbocycles. The SMILES string of the molecule is CC(C)NCC1CCCN(C)C1c1ccccc1C1CC1. The van der Waals surface area contributed by atoms with Gasteiger partial charge in [0.15, 0.2) is 0 Å². The summed E-state index contributed by atoms with van der Waals surface area (Å²) < 4.78 is 0. The lowest BCUT2D eigenvalue weighted by atomic mass is 9.82. The van der Waals surface area contributed by atoms with E-state index >= 15 is 0 Å². The second-order valence-corrected chi connectivity index (χ2v) is 7.29. The van der Waals surface area contributed by atoms with Gasteiger partial charge in [-0.05, 0) is 62.2 Å². The van der Waals surface area contributed by atoms with Crippen LogP contribution in [0.5, 0.6) is 0 Å². The van der Waals surface area contributed by atoms with Gasteiger partial charge in [0, 0.05) is 18.6 Å². The Morgan fingerprint density at radius 3 is 2.52 bits per heavy atom. The number of nitrogens with one attached hydrogen (secondary N) is 1. The summed E-state index contributed by atoms with van der Waals surface area (Å²) in [6, 6.07) is 10.4. The lowest BCUT2D eigenvalue weighted by molar-refractivity contribution is 0.117. The van der Waals surface area contributed by atoms with Crippen LogP contribution in [0.1, 0.15) is 62.6 Å². The van der Waals surface area contributed by atoms with Gasteiger partial charge in [0.2, 0.25) is 0 Å². The molecule has 1 aromatic rings. The Bertz CT molecular complexity index is 464. The second-order valence-electron chi connectivity index (χ2n) is 7.29. The molecule has 1 aliphatic heterocycles. The highest BCUT2D eigenvalue weighted by Crippen LogP contribution is 2.46. The third-order valence-electron chi connectivity index (χ3n) is 5.13. The molecule has 0 spiro atoms. The largest absolute Gasteiger partial charge is 0.314 e. The van der Waals surface area contributed by atoms with Crippen LogP contribution in [-0.4, -0.2) is 31.1 Å². The number of benzene rings is 1. The molecule has 1 N–H and O–H groups in total. The minimum Gasteiger partial charge on any atom is -0.314 e. The van der Waals surface area contributed by atoms with Gasteiger partial charge < -0.3 is 5.32 Å². The normalized spacial score (nSPS) is 27.2. The first-order valence-corrected chi connectivity index (χ1v) is 8.69. The van der Waals surface area contributed by atoms with E-state index in [-0.39, 0.29) is 0 Å². The third kappa shape index (κ3) is 3.49. The van der Waals surface area contributed by atoms with Crippen LogP contribution in [0, 0.1) is 5.92 Å². The molecular formula is C19H30N2. The maximum atomic E-state index is 3.67. The van der Waals surface area contributed by atoms with Crippen molar-refractivity contribution in [2.75, 3.05) is 20.1 Å². The van der Waals surface area contributed by atoms with Crippen LogP contribution >= 0.6 is 0 Å². The van der Waals surface area contributed by atoms with Gasteiger partial charge in [-0.3, -0.25) is 4.90 Å². The van der Waals surface area contributed by atoms with E-state index in [1.807, 2.05) is 0 Å². The van der Waals surface area contributed by atoms with E-state index in [4.69, 9.17) is 0 Å². The maximum Gasteiger partial charge on any atom is 0.0388 e. The first-order chi connectivity index (χ1) is 10.2. The van der Waals surface area contributed by atoms with Crippen LogP contribution in [0.3, 0.4) is 0 Å². The van der Waals surface area contributed by atoms with Gasteiger partial charge in [0.25, 0.3) is 0 Å². The highest BCUT2D eigenvalue weighted by Gasteiger charge is 2.34. The molecule has 2 heteroatoms. The number of rotatable bonds is 5. The van der Waals surface area contributed by atoms with Crippen molar-refractivity contribution in [3.05, 3.63) is 35.4 Å². The first-order valence-electron chi connectivity index (χ1n) is 8.69. The molecule has 2 atom stereocenters. The standard InChI is InChI=1S/C19H30N2/c1-14(2)20-13-16-7-6-12-21(3)19(16)18-9-5-4-8-17(18)15-10-11-15/h4-5,8-9,14-16,19-20H,6-7,10-13H2,1-3H3. The quantitative estimate of drug-likeness (QED) is 0.882. The number of nitrogens with zero attached hydrogens (tertiary/aromatic N) is 1. The molecular weight excluding hydrogens is 256 g/mol. The Morgan fingerprint density at radius 2 is 1.86 bits per heavy atom. The van der Waals surface area contributed by atoms with E-state index < -0.39 is 0 Å². The molecule has 1 aliphatic carbocycles. The van der Waals surface area contributed by atoms with Crippen LogP contribution in [-0.2, 0) is 0 Å².